The first-order valence-electron chi connectivity index (χ1n) is 13.5. The highest BCUT2D eigenvalue weighted by atomic mass is 16.6. The number of nitrogens with zero attached hydrogens (tertiary/aromatic N) is 1. The van der Waals surface area contributed by atoms with Gasteiger partial charge in [-0.25, -0.2) is 4.79 Å². The molecule has 3 heteroatoms. The molecule has 0 saturated heterocycles. The molecule has 0 aromatic heterocycles. The summed E-state index contributed by atoms with van der Waals surface area (Å²) >= 11 is 0. The highest BCUT2D eigenvalue weighted by Crippen LogP contribution is 2.23. The van der Waals surface area contributed by atoms with Crippen LogP contribution < -0.4 is 0 Å². The minimum absolute atomic E-state index is 0.0809. The zero-order chi connectivity index (χ0) is 22.5. The molecule has 0 aliphatic rings. The van der Waals surface area contributed by atoms with E-state index in [2.05, 4.69) is 32.6 Å². The van der Waals surface area contributed by atoms with Gasteiger partial charge in [0.2, 0.25) is 0 Å². The third kappa shape index (κ3) is 16.0. The van der Waals surface area contributed by atoms with Gasteiger partial charge in [0.15, 0.2) is 0 Å². The Morgan fingerprint density at radius 3 is 1.37 bits per heavy atom. The number of unbranched alkanes of at least 4 members (excludes halogenated alkanes) is 8. The first-order chi connectivity index (χ1) is 14.6. The normalized spacial score (nSPS) is 13.2. The molecule has 3 nitrogen and oxygen atoms in total. The van der Waals surface area contributed by atoms with Crippen LogP contribution in [0.4, 0.5) is 4.79 Å². The predicted octanol–water partition coefficient (Wildman–Crippen LogP) is 9.00. The van der Waals surface area contributed by atoms with E-state index in [9.17, 15) is 4.79 Å². The topological polar surface area (TPSA) is 29.5 Å². The molecule has 180 valence electrons. The lowest BCUT2D eigenvalue weighted by molar-refractivity contribution is 0.0893. The van der Waals surface area contributed by atoms with Gasteiger partial charge in [-0.05, 0) is 44.4 Å². The van der Waals surface area contributed by atoms with E-state index in [4.69, 9.17) is 4.74 Å². The second-order valence-corrected chi connectivity index (χ2v) is 9.32. The van der Waals surface area contributed by atoms with Crippen LogP contribution in [0.25, 0.3) is 0 Å². The highest BCUT2D eigenvalue weighted by molar-refractivity contribution is 5.67. The maximum Gasteiger partial charge on any atom is 0.409 e. The van der Waals surface area contributed by atoms with Gasteiger partial charge in [0, 0.05) is 13.1 Å². The quantitative estimate of drug-likeness (QED) is 0.172. The van der Waals surface area contributed by atoms with Gasteiger partial charge >= 0.3 is 6.09 Å². The molecule has 0 spiro atoms. The van der Waals surface area contributed by atoms with E-state index < -0.39 is 0 Å². The van der Waals surface area contributed by atoms with E-state index in [1.165, 1.54) is 103 Å². The van der Waals surface area contributed by atoms with Crippen molar-refractivity contribution >= 4 is 6.09 Å². The molecule has 0 aliphatic carbocycles. The van der Waals surface area contributed by atoms with Crippen molar-refractivity contribution in [2.45, 2.75) is 137 Å². The van der Waals surface area contributed by atoms with Crippen LogP contribution in [-0.4, -0.2) is 30.7 Å². The summed E-state index contributed by atoms with van der Waals surface area (Å²) in [7, 11) is 0. The molecule has 0 aromatic carbocycles. The molecule has 0 heterocycles. The molecule has 2 unspecified atom stereocenters. The average molecular weight is 426 g/mol. The average Bonchev–Trinajstić information content (AvgIpc) is 2.75. The van der Waals surface area contributed by atoms with Crippen LogP contribution in [-0.2, 0) is 4.74 Å². The summed E-state index contributed by atoms with van der Waals surface area (Å²) in [6.07, 6.45) is 20.4. The van der Waals surface area contributed by atoms with E-state index in [1.54, 1.807) is 0 Å². The van der Waals surface area contributed by atoms with Crippen molar-refractivity contribution in [3.8, 4) is 0 Å². The van der Waals surface area contributed by atoms with E-state index in [-0.39, 0.29) is 6.09 Å². The lowest BCUT2D eigenvalue weighted by Gasteiger charge is -2.31. The standard InChI is InChI=1S/C27H55NO2/c1-6-11-15-17-21-25(19-13-8-3)23-28(27(29)30-10-5)24-26(20-14-9-4)22-18-16-12-7-2/h25-26H,6-24H2,1-5H3. The van der Waals surface area contributed by atoms with Crippen molar-refractivity contribution in [2.24, 2.45) is 11.8 Å². The van der Waals surface area contributed by atoms with Crippen LogP contribution >= 0.6 is 0 Å². The molecule has 0 bridgehead atoms. The fourth-order valence-corrected chi connectivity index (χ4v) is 4.42. The molecule has 1 amide bonds. The van der Waals surface area contributed by atoms with Gasteiger partial charge in [-0.2, -0.15) is 0 Å². The Hall–Kier alpha value is -0.730. The maximum absolute atomic E-state index is 12.8. The number of carbonyl (C=O) groups is 1. The molecule has 0 radical (unpaired) electrons. The van der Waals surface area contributed by atoms with Gasteiger partial charge in [-0.1, -0.05) is 105 Å². The van der Waals surface area contributed by atoms with Crippen LogP contribution in [0.15, 0.2) is 0 Å². The second kappa shape index (κ2) is 21.5. The first-order valence-corrected chi connectivity index (χ1v) is 13.5. The van der Waals surface area contributed by atoms with E-state index in [1.807, 2.05) is 6.92 Å². The third-order valence-corrected chi connectivity index (χ3v) is 6.35. The first kappa shape index (κ1) is 29.3. The molecule has 0 N–H and O–H groups in total. The summed E-state index contributed by atoms with van der Waals surface area (Å²) < 4.78 is 5.49. The van der Waals surface area contributed by atoms with Crippen molar-refractivity contribution in [2.75, 3.05) is 19.7 Å². The van der Waals surface area contributed by atoms with Gasteiger partial charge in [0.1, 0.15) is 0 Å². The number of ether oxygens (including phenoxy) is 1. The molecule has 2 atom stereocenters. The Morgan fingerprint density at radius 2 is 1.00 bits per heavy atom. The van der Waals surface area contributed by atoms with E-state index in [0.717, 1.165) is 13.1 Å². The van der Waals surface area contributed by atoms with Crippen LogP contribution in [0.3, 0.4) is 0 Å². The number of carbonyl (C=O) groups excluding carboxylic acids is 1. The minimum Gasteiger partial charge on any atom is -0.450 e. The summed E-state index contributed by atoms with van der Waals surface area (Å²) in [6, 6.07) is 0. The van der Waals surface area contributed by atoms with Crippen molar-refractivity contribution in [1.82, 2.24) is 4.90 Å². The molecule has 0 aromatic rings. The molecule has 0 fully saturated rings. The Balaban J connectivity index is 5.01. The summed E-state index contributed by atoms with van der Waals surface area (Å²) in [5, 5.41) is 0. The van der Waals surface area contributed by atoms with Crippen LogP contribution in [0.5, 0.6) is 0 Å². The summed E-state index contributed by atoms with van der Waals surface area (Å²) in [6.45, 7) is 13.3. The van der Waals surface area contributed by atoms with Gasteiger partial charge in [-0.3, -0.25) is 0 Å². The molecule has 0 rings (SSSR count). The molecule has 0 saturated carbocycles. The predicted molar refractivity (Wildman–Crippen MR) is 132 cm³/mol. The highest BCUT2D eigenvalue weighted by Gasteiger charge is 2.23. The van der Waals surface area contributed by atoms with Gasteiger partial charge in [0.25, 0.3) is 0 Å². The van der Waals surface area contributed by atoms with Crippen molar-refractivity contribution < 1.29 is 9.53 Å². The Morgan fingerprint density at radius 1 is 0.600 bits per heavy atom. The number of hydrogen-bond acceptors (Lipinski definition) is 2. The van der Waals surface area contributed by atoms with Crippen molar-refractivity contribution in [3.63, 3.8) is 0 Å². The molecule has 0 aliphatic heterocycles. The number of hydrogen-bond donors (Lipinski definition) is 0. The van der Waals surface area contributed by atoms with Crippen LogP contribution in [0.1, 0.15) is 137 Å². The molecular formula is C27H55NO2. The zero-order valence-corrected chi connectivity index (χ0v) is 21.4. The van der Waals surface area contributed by atoms with Crippen molar-refractivity contribution in [1.29, 1.82) is 0 Å². The summed E-state index contributed by atoms with van der Waals surface area (Å²) in [5.74, 6) is 1.25. The van der Waals surface area contributed by atoms with E-state index in [0.29, 0.717) is 18.4 Å². The van der Waals surface area contributed by atoms with Crippen LogP contribution in [0, 0.1) is 11.8 Å². The molecular weight excluding hydrogens is 370 g/mol. The van der Waals surface area contributed by atoms with Crippen LogP contribution in [0.2, 0.25) is 0 Å². The monoisotopic (exact) mass is 425 g/mol. The number of amides is 1. The maximum atomic E-state index is 12.8. The summed E-state index contributed by atoms with van der Waals surface area (Å²) in [5.41, 5.74) is 0. The van der Waals surface area contributed by atoms with Gasteiger partial charge < -0.3 is 9.64 Å². The second-order valence-electron chi connectivity index (χ2n) is 9.32. The molecule has 30 heavy (non-hydrogen) atoms. The fraction of sp³-hybridized carbons (Fsp3) is 0.963. The largest absolute Gasteiger partial charge is 0.450 e. The van der Waals surface area contributed by atoms with Gasteiger partial charge in [-0.15, -0.1) is 0 Å². The lowest BCUT2D eigenvalue weighted by atomic mass is 9.92. The Bertz CT molecular complexity index is 346. The minimum atomic E-state index is -0.0809. The fourth-order valence-electron chi connectivity index (χ4n) is 4.42. The third-order valence-electron chi connectivity index (χ3n) is 6.35. The zero-order valence-electron chi connectivity index (χ0n) is 21.4. The Kier molecular flexibility index (Phi) is 21.0. The van der Waals surface area contributed by atoms with Crippen molar-refractivity contribution in [3.05, 3.63) is 0 Å². The van der Waals surface area contributed by atoms with E-state index >= 15 is 0 Å². The summed E-state index contributed by atoms with van der Waals surface area (Å²) in [4.78, 5) is 14.9. The van der Waals surface area contributed by atoms with Gasteiger partial charge in [0.05, 0.1) is 6.61 Å². The lowest BCUT2D eigenvalue weighted by Crippen LogP contribution is -2.39. The smallest absolute Gasteiger partial charge is 0.409 e. The Labute approximate surface area is 189 Å². The number of rotatable bonds is 21. The SMILES string of the molecule is CCCCCCC(CCCC)CN(CC(CCCC)CCCCCC)C(=O)OCC.